The van der Waals surface area contributed by atoms with Crippen molar-refractivity contribution in [1.29, 1.82) is 0 Å². The number of likely N-dealkylation sites (N-methyl/N-ethyl adjacent to an activating group) is 1. The van der Waals surface area contributed by atoms with Gasteiger partial charge in [-0.3, -0.25) is 4.90 Å². The number of nitrogens with zero attached hydrogens (tertiary/aromatic N) is 3. The van der Waals surface area contributed by atoms with E-state index in [4.69, 9.17) is 0 Å². The maximum absolute atomic E-state index is 11.7. The van der Waals surface area contributed by atoms with Crippen molar-refractivity contribution in [2.45, 2.75) is 19.4 Å². The predicted molar refractivity (Wildman–Crippen MR) is 57.4 cm³/mol. The molecule has 0 atom stereocenters. The van der Waals surface area contributed by atoms with E-state index in [1.54, 1.807) is 19.0 Å². The van der Waals surface area contributed by atoms with Crippen molar-refractivity contribution >= 4 is 6.03 Å². The van der Waals surface area contributed by atoms with E-state index in [-0.39, 0.29) is 11.6 Å². The van der Waals surface area contributed by atoms with E-state index in [0.717, 1.165) is 19.6 Å². The Balaban J connectivity index is 2.64. The molecule has 1 aliphatic heterocycles. The van der Waals surface area contributed by atoms with E-state index in [9.17, 15) is 4.79 Å². The molecule has 1 saturated heterocycles. The largest absolute Gasteiger partial charge is 0.331 e. The molecule has 0 aliphatic carbocycles. The lowest BCUT2D eigenvalue weighted by atomic mass is 10.00. The quantitative estimate of drug-likeness (QED) is 0.574. The van der Waals surface area contributed by atoms with Crippen LogP contribution in [-0.2, 0) is 0 Å². The fraction of sp³-hybridized carbons (Fsp3) is 0.900. The third-order valence-electron chi connectivity index (χ3n) is 2.97. The van der Waals surface area contributed by atoms with Gasteiger partial charge in [-0.2, -0.15) is 0 Å². The fourth-order valence-corrected chi connectivity index (χ4v) is 1.69. The first kappa shape index (κ1) is 11.3. The zero-order valence-corrected chi connectivity index (χ0v) is 9.87. The third kappa shape index (κ3) is 2.18. The minimum Gasteiger partial charge on any atom is -0.331 e. The zero-order chi connectivity index (χ0) is 10.9. The summed E-state index contributed by atoms with van der Waals surface area (Å²) in [5, 5.41) is 0. The molecule has 14 heavy (non-hydrogen) atoms. The van der Waals surface area contributed by atoms with Gasteiger partial charge in [0.1, 0.15) is 0 Å². The smallest absolute Gasteiger partial charge is 0.319 e. The highest BCUT2D eigenvalue weighted by Gasteiger charge is 2.33. The number of carbonyl (C=O) groups excluding carboxylic acids is 1. The Bertz CT molecular complexity index is 225. The Hall–Kier alpha value is -0.770. The van der Waals surface area contributed by atoms with E-state index in [1.165, 1.54) is 0 Å². The molecule has 1 heterocycles. The maximum atomic E-state index is 11.7. The first-order valence-electron chi connectivity index (χ1n) is 5.02. The van der Waals surface area contributed by atoms with Crippen molar-refractivity contribution in [1.82, 2.24) is 14.7 Å². The maximum Gasteiger partial charge on any atom is 0.319 e. The highest BCUT2D eigenvalue weighted by atomic mass is 16.2. The molecule has 0 radical (unpaired) electrons. The van der Waals surface area contributed by atoms with Crippen LogP contribution in [0, 0.1) is 0 Å². The van der Waals surface area contributed by atoms with E-state index in [2.05, 4.69) is 25.8 Å². The monoisotopic (exact) mass is 199 g/mol. The number of carbonyl (C=O) groups is 1. The number of piperazine rings is 1. The van der Waals surface area contributed by atoms with Crippen molar-refractivity contribution in [2.75, 3.05) is 40.8 Å². The molecule has 0 aromatic carbocycles. The van der Waals surface area contributed by atoms with Gasteiger partial charge >= 0.3 is 6.03 Å². The fourth-order valence-electron chi connectivity index (χ4n) is 1.69. The van der Waals surface area contributed by atoms with Gasteiger partial charge in [-0.15, -0.1) is 0 Å². The summed E-state index contributed by atoms with van der Waals surface area (Å²) in [5.74, 6) is 0. The van der Waals surface area contributed by atoms with Gasteiger partial charge in [-0.05, 0) is 20.9 Å². The summed E-state index contributed by atoms with van der Waals surface area (Å²) in [7, 11) is 5.71. The van der Waals surface area contributed by atoms with Crippen LogP contribution in [0.2, 0.25) is 0 Å². The van der Waals surface area contributed by atoms with Crippen molar-refractivity contribution in [3.05, 3.63) is 0 Å². The highest BCUT2D eigenvalue weighted by molar-refractivity contribution is 5.74. The van der Waals surface area contributed by atoms with E-state index < -0.39 is 0 Å². The lowest BCUT2D eigenvalue weighted by Crippen LogP contribution is -2.60. The lowest BCUT2D eigenvalue weighted by Gasteiger charge is -2.45. The van der Waals surface area contributed by atoms with Gasteiger partial charge in [-0.1, -0.05) is 0 Å². The normalized spacial score (nSPS) is 22.2. The average Bonchev–Trinajstić information content (AvgIpc) is 2.08. The first-order valence-corrected chi connectivity index (χ1v) is 5.02. The average molecular weight is 199 g/mol. The molecular formula is C10H21N3O. The number of amides is 2. The van der Waals surface area contributed by atoms with Crippen LogP contribution < -0.4 is 0 Å². The van der Waals surface area contributed by atoms with Gasteiger partial charge in [0.2, 0.25) is 0 Å². The molecule has 4 nitrogen and oxygen atoms in total. The topological polar surface area (TPSA) is 26.8 Å². The Labute approximate surface area is 86.5 Å². The summed E-state index contributed by atoms with van der Waals surface area (Å²) < 4.78 is 0. The number of rotatable bonds is 0. The Morgan fingerprint density at radius 3 is 2.29 bits per heavy atom. The lowest BCUT2D eigenvalue weighted by molar-refractivity contribution is 0.0499. The second kappa shape index (κ2) is 3.77. The van der Waals surface area contributed by atoms with Crippen LogP contribution in [-0.4, -0.2) is 67.0 Å². The molecule has 0 unspecified atom stereocenters. The van der Waals surface area contributed by atoms with Crippen LogP contribution in [0.15, 0.2) is 0 Å². The molecule has 1 fully saturated rings. The van der Waals surface area contributed by atoms with Crippen molar-refractivity contribution in [3.8, 4) is 0 Å². The molecule has 0 spiro atoms. The summed E-state index contributed by atoms with van der Waals surface area (Å²) in [5.41, 5.74) is 0.0872. The molecule has 0 aromatic rings. The summed E-state index contributed by atoms with van der Waals surface area (Å²) in [6.45, 7) is 6.92. The molecule has 4 heteroatoms. The summed E-state index contributed by atoms with van der Waals surface area (Å²) in [4.78, 5) is 17.6. The van der Waals surface area contributed by atoms with Crippen LogP contribution in [0.5, 0.6) is 0 Å². The summed E-state index contributed by atoms with van der Waals surface area (Å²) in [6.07, 6.45) is 0. The van der Waals surface area contributed by atoms with Crippen molar-refractivity contribution < 1.29 is 4.79 Å². The van der Waals surface area contributed by atoms with E-state index in [0.29, 0.717) is 0 Å². The van der Waals surface area contributed by atoms with Crippen LogP contribution in [0.25, 0.3) is 0 Å². The second-order valence-electron chi connectivity index (χ2n) is 4.83. The van der Waals surface area contributed by atoms with E-state index >= 15 is 0 Å². The Kier molecular flexibility index (Phi) is 3.04. The van der Waals surface area contributed by atoms with Crippen molar-refractivity contribution in [2.24, 2.45) is 0 Å². The Morgan fingerprint density at radius 2 is 1.86 bits per heavy atom. The van der Waals surface area contributed by atoms with Gasteiger partial charge in [0.05, 0.1) is 0 Å². The SMILES string of the molecule is CN(C)C(=O)N1CCN(C)C(C)(C)C1. The Morgan fingerprint density at radius 1 is 1.29 bits per heavy atom. The van der Waals surface area contributed by atoms with Crippen LogP contribution >= 0.6 is 0 Å². The number of hydrogen-bond donors (Lipinski definition) is 0. The second-order valence-corrected chi connectivity index (χ2v) is 4.83. The molecular weight excluding hydrogens is 178 g/mol. The summed E-state index contributed by atoms with van der Waals surface area (Å²) >= 11 is 0. The minimum absolute atomic E-state index is 0.0872. The number of hydrogen-bond acceptors (Lipinski definition) is 2. The molecule has 1 rings (SSSR count). The van der Waals surface area contributed by atoms with E-state index in [1.807, 2.05) is 4.90 Å². The molecule has 0 bridgehead atoms. The van der Waals surface area contributed by atoms with Gasteiger partial charge < -0.3 is 9.80 Å². The van der Waals surface area contributed by atoms with Gasteiger partial charge in [0.25, 0.3) is 0 Å². The van der Waals surface area contributed by atoms with Gasteiger partial charge in [0.15, 0.2) is 0 Å². The minimum atomic E-state index is 0.0872. The third-order valence-corrected chi connectivity index (χ3v) is 2.97. The molecule has 0 N–H and O–H groups in total. The first-order chi connectivity index (χ1) is 6.34. The molecule has 0 saturated carbocycles. The zero-order valence-electron chi connectivity index (χ0n) is 9.87. The van der Waals surface area contributed by atoms with Crippen LogP contribution in [0.4, 0.5) is 4.79 Å². The molecule has 1 aliphatic rings. The summed E-state index contributed by atoms with van der Waals surface area (Å²) in [6, 6.07) is 0.117. The van der Waals surface area contributed by atoms with Gasteiger partial charge in [0, 0.05) is 39.3 Å². The molecule has 0 aromatic heterocycles. The van der Waals surface area contributed by atoms with Crippen LogP contribution in [0.3, 0.4) is 0 Å². The van der Waals surface area contributed by atoms with Crippen molar-refractivity contribution in [3.63, 3.8) is 0 Å². The molecule has 2 amide bonds. The molecule has 82 valence electrons. The van der Waals surface area contributed by atoms with Crippen LogP contribution in [0.1, 0.15) is 13.8 Å². The highest BCUT2D eigenvalue weighted by Crippen LogP contribution is 2.19. The van der Waals surface area contributed by atoms with Gasteiger partial charge in [-0.25, -0.2) is 4.79 Å². The standard InChI is InChI=1S/C10H21N3O/c1-10(2)8-13(7-6-12(10)5)9(14)11(3)4/h6-8H2,1-5H3. The predicted octanol–water partition coefficient (Wildman–Crippen LogP) is 0.694. The number of urea groups is 1.